The summed E-state index contributed by atoms with van der Waals surface area (Å²) in [4.78, 5) is 24.8. The number of sulfonamides is 1. The molecule has 8 nitrogen and oxygen atoms in total. The van der Waals surface area contributed by atoms with E-state index in [1.165, 1.54) is 27.1 Å². The molecule has 0 saturated carbocycles. The van der Waals surface area contributed by atoms with Crippen LogP contribution in [0.5, 0.6) is 0 Å². The van der Waals surface area contributed by atoms with Crippen LogP contribution >= 0.6 is 0 Å². The third-order valence-corrected chi connectivity index (χ3v) is 8.53. The second-order valence-electron chi connectivity index (χ2n) is 10.5. The van der Waals surface area contributed by atoms with Crippen molar-refractivity contribution in [2.45, 2.75) is 45.2 Å². The Morgan fingerprint density at radius 2 is 1.66 bits per heavy atom. The van der Waals surface area contributed by atoms with Gasteiger partial charge in [-0.25, -0.2) is 8.42 Å². The van der Waals surface area contributed by atoms with Crippen molar-refractivity contribution in [3.63, 3.8) is 0 Å². The van der Waals surface area contributed by atoms with Gasteiger partial charge in [0.05, 0.1) is 0 Å². The zero-order valence-corrected chi connectivity index (χ0v) is 22.0. The molecule has 0 spiro atoms. The van der Waals surface area contributed by atoms with E-state index in [-0.39, 0.29) is 41.7 Å². The number of hydrogen-bond donors (Lipinski definition) is 2. The van der Waals surface area contributed by atoms with Gasteiger partial charge in [0.1, 0.15) is 5.69 Å². The summed E-state index contributed by atoms with van der Waals surface area (Å²) in [6.45, 7) is 12.2. The van der Waals surface area contributed by atoms with Crippen LogP contribution in [0.15, 0.2) is 60.1 Å². The molecule has 1 aliphatic rings. The van der Waals surface area contributed by atoms with Gasteiger partial charge in [-0.15, -0.1) is 0 Å². The van der Waals surface area contributed by atoms with Crippen LogP contribution in [0.2, 0.25) is 0 Å². The minimum absolute atomic E-state index is 0.0610. The number of hydrogen-bond acceptors (Lipinski definition) is 4. The van der Waals surface area contributed by atoms with Crippen molar-refractivity contribution in [3.8, 4) is 0 Å². The fourth-order valence-corrected chi connectivity index (χ4v) is 7.09. The first kappa shape index (κ1) is 26.7. The van der Waals surface area contributed by atoms with Crippen molar-refractivity contribution in [1.82, 2.24) is 19.5 Å². The Morgan fingerprint density at radius 1 is 1.06 bits per heavy atom. The fraction of sp³-hybridized carbons (Fsp3) is 0.462. The smallest absolute Gasteiger partial charge is 0.267 e. The first-order chi connectivity index (χ1) is 16.3. The zero-order chi connectivity index (χ0) is 26.0. The van der Waals surface area contributed by atoms with Crippen LogP contribution in [0.4, 0.5) is 0 Å². The quantitative estimate of drug-likeness (QED) is 0.545. The highest BCUT2D eigenvalue weighted by Crippen LogP contribution is 2.42. The van der Waals surface area contributed by atoms with Gasteiger partial charge in [-0.2, -0.15) is 4.31 Å². The molecule has 0 atom stereocenters. The van der Waals surface area contributed by atoms with Gasteiger partial charge in [0, 0.05) is 32.7 Å². The van der Waals surface area contributed by atoms with Gasteiger partial charge >= 0.3 is 0 Å². The summed E-state index contributed by atoms with van der Waals surface area (Å²) < 4.78 is 30.2. The lowest BCUT2D eigenvalue weighted by atomic mass is 9.67. The van der Waals surface area contributed by atoms with Gasteiger partial charge in [0.25, 0.3) is 15.9 Å². The van der Waals surface area contributed by atoms with E-state index in [0.717, 1.165) is 5.56 Å². The highest BCUT2D eigenvalue weighted by molar-refractivity contribution is 7.89. The first-order valence-electron chi connectivity index (χ1n) is 11.7. The van der Waals surface area contributed by atoms with Gasteiger partial charge in [0.2, 0.25) is 5.91 Å². The molecule has 2 aromatic rings. The molecule has 9 heteroatoms. The van der Waals surface area contributed by atoms with Crippen LogP contribution in [0.1, 0.15) is 43.7 Å². The average molecular weight is 501 g/mol. The van der Waals surface area contributed by atoms with Crippen LogP contribution in [-0.4, -0.2) is 54.8 Å². The molecule has 1 aromatic carbocycles. The van der Waals surface area contributed by atoms with Crippen LogP contribution in [-0.2, 0) is 28.3 Å². The van der Waals surface area contributed by atoms with Crippen molar-refractivity contribution in [3.05, 3.63) is 66.4 Å². The Labute approximate surface area is 208 Å². The molecule has 190 valence electrons. The SMILES string of the molecule is C=CC(=O)NC1C(C)(C)CN(S(=O)(=O)c2ccc(C(=O)NCCc3ccccc3)n2C)CC1(C)C. The van der Waals surface area contributed by atoms with Gasteiger partial charge in [0.15, 0.2) is 5.03 Å². The molecule has 3 rings (SSSR count). The highest BCUT2D eigenvalue weighted by atomic mass is 32.2. The summed E-state index contributed by atoms with van der Waals surface area (Å²) in [5, 5.41) is 5.92. The highest BCUT2D eigenvalue weighted by Gasteiger charge is 2.50. The van der Waals surface area contributed by atoms with Gasteiger partial charge in [-0.1, -0.05) is 64.6 Å². The van der Waals surface area contributed by atoms with Crippen molar-refractivity contribution < 1.29 is 18.0 Å². The zero-order valence-electron chi connectivity index (χ0n) is 21.2. The molecule has 0 aliphatic carbocycles. The fourth-order valence-electron chi connectivity index (χ4n) is 5.13. The number of carbonyl (C=O) groups is 2. The number of rotatable bonds is 8. The van der Waals surface area contributed by atoms with E-state index in [1.54, 1.807) is 7.05 Å². The van der Waals surface area contributed by atoms with E-state index in [1.807, 2.05) is 58.0 Å². The minimum Gasteiger partial charge on any atom is -0.350 e. The van der Waals surface area contributed by atoms with E-state index >= 15 is 0 Å². The Morgan fingerprint density at radius 3 is 2.23 bits per heavy atom. The van der Waals surface area contributed by atoms with Gasteiger partial charge in [-0.3, -0.25) is 9.59 Å². The summed E-state index contributed by atoms with van der Waals surface area (Å²) in [6, 6.07) is 12.6. The van der Waals surface area contributed by atoms with Crippen molar-refractivity contribution in [1.29, 1.82) is 0 Å². The number of benzene rings is 1. The Balaban J connectivity index is 1.77. The summed E-state index contributed by atoms with van der Waals surface area (Å²) in [5.41, 5.74) is 0.330. The third kappa shape index (κ3) is 5.67. The molecule has 0 unspecified atom stereocenters. The van der Waals surface area contributed by atoms with Crippen molar-refractivity contribution in [2.75, 3.05) is 19.6 Å². The normalized spacial score (nSPS) is 18.1. The Kier molecular flexibility index (Phi) is 7.62. The number of aromatic nitrogens is 1. The number of carbonyl (C=O) groups excluding carboxylic acids is 2. The summed E-state index contributed by atoms with van der Waals surface area (Å²) in [5.74, 6) is -0.603. The second kappa shape index (κ2) is 9.99. The molecule has 0 bridgehead atoms. The second-order valence-corrected chi connectivity index (χ2v) is 12.4. The lowest BCUT2D eigenvalue weighted by Crippen LogP contribution is -2.65. The molecule has 1 aliphatic heterocycles. The molecule has 0 radical (unpaired) electrons. The number of nitrogens with one attached hydrogen (secondary N) is 2. The summed E-state index contributed by atoms with van der Waals surface area (Å²) in [6.07, 6.45) is 1.91. The predicted molar refractivity (Wildman–Crippen MR) is 136 cm³/mol. The van der Waals surface area contributed by atoms with Gasteiger partial charge < -0.3 is 15.2 Å². The molecular formula is C26H36N4O4S. The van der Waals surface area contributed by atoms with Crippen molar-refractivity contribution in [2.24, 2.45) is 17.9 Å². The number of nitrogens with zero attached hydrogens (tertiary/aromatic N) is 2. The predicted octanol–water partition coefficient (Wildman–Crippen LogP) is 2.73. The van der Waals surface area contributed by atoms with E-state index in [9.17, 15) is 18.0 Å². The molecule has 1 aromatic heterocycles. The number of piperidine rings is 1. The van der Waals surface area contributed by atoms with Crippen LogP contribution in [0.3, 0.4) is 0 Å². The van der Waals surface area contributed by atoms with Crippen LogP contribution < -0.4 is 10.6 Å². The molecule has 2 heterocycles. The van der Waals surface area contributed by atoms with E-state index in [0.29, 0.717) is 13.0 Å². The molecule has 2 N–H and O–H groups in total. The third-order valence-electron chi connectivity index (χ3n) is 6.66. The monoisotopic (exact) mass is 500 g/mol. The molecule has 1 saturated heterocycles. The van der Waals surface area contributed by atoms with Crippen molar-refractivity contribution >= 4 is 21.8 Å². The van der Waals surface area contributed by atoms with E-state index < -0.39 is 20.9 Å². The van der Waals surface area contributed by atoms with E-state index in [2.05, 4.69) is 17.2 Å². The Bertz CT molecular complexity index is 1180. The van der Waals surface area contributed by atoms with Crippen LogP contribution in [0.25, 0.3) is 0 Å². The largest absolute Gasteiger partial charge is 0.350 e. The number of amides is 2. The lowest BCUT2D eigenvalue weighted by Gasteiger charge is -2.52. The van der Waals surface area contributed by atoms with E-state index in [4.69, 9.17) is 0 Å². The summed E-state index contributed by atoms with van der Waals surface area (Å²) >= 11 is 0. The molecule has 35 heavy (non-hydrogen) atoms. The molecular weight excluding hydrogens is 464 g/mol. The summed E-state index contributed by atoms with van der Waals surface area (Å²) in [7, 11) is -2.30. The topological polar surface area (TPSA) is 101 Å². The Hall–Kier alpha value is -2.91. The maximum atomic E-state index is 13.7. The molecule has 1 fully saturated rings. The average Bonchev–Trinajstić information content (AvgIpc) is 3.18. The standard InChI is InChI=1S/C26H36N4O4S/c1-7-21(31)28-24-25(2,3)17-30(18-26(24,4)5)35(33,34)22-14-13-20(29(22)6)23(32)27-16-15-19-11-9-8-10-12-19/h7-14,24H,1,15-18H2,2-6H3,(H,27,32)(H,28,31). The maximum Gasteiger partial charge on any atom is 0.267 e. The van der Waals surface area contributed by atoms with Crippen LogP contribution in [0, 0.1) is 10.8 Å². The van der Waals surface area contributed by atoms with Gasteiger partial charge in [-0.05, 0) is 41.0 Å². The maximum absolute atomic E-state index is 13.7. The lowest BCUT2D eigenvalue weighted by molar-refractivity contribution is -0.120. The minimum atomic E-state index is -3.88. The molecule has 2 amide bonds. The first-order valence-corrected chi connectivity index (χ1v) is 13.1.